The number of carboxylic acids is 1. The van der Waals surface area contributed by atoms with Gasteiger partial charge in [-0.05, 0) is 98.6 Å². The summed E-state index contributed by atoms with van der Waals surface area (Å²) in [6, 6.07) is -3.06. The summed E-state index contributed by atoms with van der Waals surface area (Å²) in [6.45, 7) is 4.97. The Bertz CT molecular complexity index is 3750. The van der Waals surface area contributed by atoms with Gasteiger partial charge < -0.3 is 95.4 Å². The van der Waals surface area contributed by atoms with Gasteiger partial charge in [0.05, 0.1) is 26.7 Å². The number of nitrogens with one attached hydrogen (secondary N) is 13. The van der Waals surface area contributed by atoms with Crippen molar-refractivity contribution in [2.45, 2.75) is 215 Å². The molecule has 0 saturated carbocycles. The van der Waals surface area contributed by atoms with E-state index in [-0.39, 0.29) is 100 Å². The lowest BCUT2D eigenvalue weighted by Crippen LogP contribution is -2.62. The summed E-state index contributed by atoms with van der Waals surface area (Å²) in [5, 5.41) is 47.0. The standard InChI is InChI=1S/C72H105N17O19S2/c1-5-7-17-48-64(98)84-52(33-60(95)108-106-4)68(102)88-61(40(3)6-2)70(104)85-51(32-43-34-78-46-18-12-11-16-45(43)46)67(101)82-49(22-24-56(73)90)65(99)81-50(23-25-59(93)94)66(100)86-53(62(74)96)38-109-36-41-29-42-31-44(30-41)107-28-13-9-8-10-21-57(91)79-35-58(92)80-47(19-14-26-77-72(75)76)63(97)87-54(39-110-37-42)71(105)89-27-15-20-55(89)69(103)83-48/h11-12,16,18,29-31,34,40,47-55,61,78H,5-10,13-15,17,19-28,32-33,35-39H2,1-4H3,(H2,73,90)(H2,74,96)(H,79,91)(H,80,92)(H,81,99)(H,82,101)(H,83,103)(H,84,98)(H,85,104)(H,86,100)(H,87,97)(H,88,102)(H,93,94)(H4,75,76,77)/t40-,47-,48-,49-,50-,51-,52-,53-,54-,55-,61-/m0/s1. The second-order valence-electron chi connectivity index (χ2n) is 27.3. The van der Waals surface area contributed by atoms with Crippen molar-refractivity contribution in [1.29, 1.82) is 5.41 Å². The van der Waals surface area contributed by atoms with E-state index in [2.05, 4.69) is 68.4 Å². The number of H-pyrrole nitrogens is 1. The van der Waals surface area contributed by atoms with Gasteiger partial charge in [-0.15, -0.1) is 0 Å². The van der Waals surface area contributed by atoms with Crippen LogP contribution in [0, 0.1) is 11.3 Å². The number of fused-ring (bicyclic) bond motifs is 7. The molecule has 1 saturated heterocycles. The number of benzene rings is 2. The average molecular weight is 1580 g/mol. The summed E-state index contributed by atoms with van der Waals surface area (Å²) in [5.41, 5.74) is 19.4. The van der Waals surface area contributed by atoms with Gasteiger partial charge in [-0.3, -0.25) is 77.4 Å². The van der Waals surface area contributed by atoms with Crippen LogP contribution in [0.2, 0.25) is 0 Å². The number of hydrogen-bond acceptors (Lipinski definition) is 21. The maximum absolute atomic E-state index is 15.3. The quantitative estimate of drug-likeness (QED) is 0.0206. The lowest BCUT2D eigenvalue weighted by atomic mass is 9.96. The van der Waals surface area contributed by atoms with Gasteiger partial charge in [-0.25, -0.2) is 4.79 Å². The summed E-state index contributed by atoms with van der Waals surface area (Å²) in [7, 11) is 1.02. The fraction of sp³-hybridized carbons (Fsp3) is 0.583. The minimum Gasteiger partial charge on any atom is -0.494 e. The van der Waals surface area contributed by atoms with Crippen molar-refractivity contribution in [3.8, 4) is 5.75 Å². The fourth-order valence-corrected chi connectivity index (χ4v) is 14.5. The van der Waals surface area contributed by atoms with Gasteiger partial charge in [-0.2, -0.15) is 28.4 Å². The van der Waals surface area contributed by atoms with E-state index < -0.39 is 194 Å². The van der Waals surface area contributed by atoms with E-state index in [1.54, 1.807) is 56.4 Å². The normalized spacial score (nSPS) is 23.9. The van der Waals surface area contributed by atoms with Gasteiger partial charge in [-0.1, -0.05) is 77.1 Å². The molecule has 3 aliphatic rings. The Balaban J connectivity index is 1.47. The molecule has 0 spiro atoms. The Hall–Kier alpha value is -10.2. The van der Waals surface area contributed by atoms with Gasteiger partial charge in [0.1, 0.15) is 66.2 Å². The molecule has 4 heterocycles. The van der Waals surface area contributed by atoms with Crippen molar-refractivity contribution >= 4 is 129 Å². The number of aromatic amines is 1. The highest BCUT2D eigenvalue weighted by Crippen LogP contribution is 2.28. The molecular weight excluding hydrogens is 1470 g/mol. The Kier molecular flexibility index (Phi) is 36.8. The molecular formula is C72H105N17O19S2. The van der Waals surface area contributed by atoms with Crippen LogP contribution in [0.3, 0.4) is 0 Å². The first kappa shape index (κ1) is 88.7. The van der Waals surface area contributed by atoms with Crippen molar-refractivity contribution in [1.82, 2.24) is 68.4 Å². The second kappa shape index (κ2) is 45.7. The molecule has 13 amide bonds. The Morgan fingerprint density at radius 1 is 0.673 bits per heavy atom. The summed E-state index contributed by atoms with van der Waals surface area (Å²) in [6.07, 6.45) is 2.01. The zero-order valence-corrected chi connectivity index (χ0v) is 64.0. The SMILES string of the molecule is CCCC[C@@H]1NC(=O)[C@@H]2CCCN2C(=O)[C@@H]2CSCc3cc(cc(c3)OCCCCCCC(=O)NCC(=O)N[C@@H](CCCNC(=N)N)C(=O)N2)CSC[C@@H](C(N)=O)NC(=O)[C@H](CCC(=O)O)NC(=O)[C@H](CCC(N)=O)NC(=O)[C@H](Cc2c[nH]c3ccccc23)NC(=O)[C@H]([C@@H](C)CC)NC(=O)[C@H](CC(=O)OOC)NC1=O. The van der Waals surface area contributed by atoms with Gasteiger partial charge in [0, 0.05) is 78.9 Å². The molecule has 1 aromatic heterocycles. The van der Waals surface area contributed by atoms with E-state index >= 15 is 9.59 Å². The van der Waals surface area contributed by atoms with Crippen molar-refractivity contribution < 1.29 is 91.5 Å². The molecule has 6 rings (SSSR count). The van der Waals surface area contributed by atoms with Crippen LogP contribution in [0.4, 0.5) is 0 Å². The molecule has 38 heteroatoms. The highest BCUT2D eigenvalue weighted by Gasteiger charge is 2.42. The molecule has 2 aromatic carbocycles. The Morgan fingerprint density at radius 2 is 1.27 bits per heavy atom. The van der Waals surface area contributed by atoms with Crippen LogP contribution >= 0.6 is 23.5 Å². The number of carbonyl (C=O) groups excluding carboxylic acids is 14. The molecule has 1 fully saturated rings. The highest BCUT2D eigenvalue weighted by molar-refractivity contribution is 7.98. The molecule has 0 aliphatic carbocycles. The van der Waals surface area contributed by atoms with Crippen LogP contribution < -0.4 is 80.4 Å². The lowest BCUT2D eigenvalue weighted by Gasteiger charge is -2.31. The Labute approximate surface area is 645 Å². The zero-order valence-electron chi connectivity index (χ0n) is 62.4. The van der Waals surface area contributed by atoms with E-state index in [0.717, 1.165) is 18.9 Å². The number of para-hydroxylation sites is 1. The second-order valence-corrected chi connectivity index (χ2v) is 29.3. The molecule has 0 radical (unpaired) electrons. The number of guanidine groups is 1. The topological polar surface area (TPSA) is 557 Å². The van der Waals surface area contributed by atoms with E-state index in [0.29, 0.717) is 71.9 Å². The van der Waals surface area contributed by atoms with E-state index in [1.165, 1.54) is 16.7 Å². The number of aromatic nitrogens is 1. The van der Waals surface area contributed by atoms with Gasteiger partial charge in [0.15, 0.2) is 5.96 Å². The molecule has 11 atom stereocenters. The summed E-state index contributed by atoms with van der Waals surface area (Å²) < 4.78 is 6.29. The summed E-state index contributed by atoms with van der Waals surface area (Å²) in [4.78, 5) is 225. The summed E-state index contributed by atoms with van der Waals surface area (Å²) >= 11 is 2.36. The number of thioether (sulfide) groups is 2. The van der Waals surface area contributed by atoms with Crippen LogP contribution in [0.15, 0.2) is 48.7 Å². The van der Waals surface area contributed by atoms with Crippen LogP contribution in [0.1, 0.15) is 153 Å². The van der Waals surface area contributed by atoms with E-state index in [9.17, 15) is 67.4 Å². The molecule has 20 N–H and O–H groups in total. The predicted octanol–water partition coefficient (Wildman–Crippen LogP) is -0.686. The number of unbranched alkanes of at least 4 members (excludes halogenated alkanes) is 1. The number of rotatable bonds is 21. The number of nitrogens with zero attached hydrogens (tertiary/aromatic N) is 1. The first-order valence-electron chi connectivity index (χ1n) is 36.9. The third-order valence-electron chi connectivity index (χ3n) is 18.7. The van der Waals surface area contributed by atoms with Crippen LogP contribution in [-0.4, -0.2) is 215 Å². The molecule has 110 heavy (non-hydrogen) atoms. The van der Waals surface area contributed by atoms with Gasteiger partial charge in [0.25, 0.3) is 0 Å². The molecule has 4 bridgehead atoms. The lowest BCUT2D eigenvalue weighted by molar-refractivity contribution is -0.255. The number of amides is 13. The number of primary amides is 2. The number of aliphatic carboxylic acids is 1. The van der Waals surface area contributed by atoms with Crippen LogP contribution in [-0.2, 0) is 99.6 Å². The average Bonchev–Trinajstić information content (AvgIpc) is 1.36. The molecule has 3 aromatic rings. The molecule has 604 valence electrons. The van der Waals surface area contributed by atoms with Crippen molar-refractivity contribution in [3.63, 3.8) is 0 Å². The van der Waals surface area contributed by atoms with Gasteiger partial charge >= 0.3 is 11.9 Å². The van der Waals surface area contributed by atoms with Crippen molar-refractivity contribution in [2.75, 3.05) is 44.9 Å². The van der Waals surface area contributed by atoms with Crippen molar-refractivity contribution in [3.05, 3.63) is 65.4 Å². The van der Waals surface area contributed by atoms with Crippen molar-refractivity contribution in [2.24, 2.45) is 23.1 Å². The zero-order chi connectivity index (χ0) is 80.4. The van der Waals surface area contributed by atoms with Gasteiger partial charge in [0.2, 0.25) is 76.8 Å². The third-order valence-corrected chi connectivity index (χ3v) is 20.9. The maximum atomic E-state index is 15.3. The van der Waals surface area contributed by atoms with Crippen LogP contribution in [0.5, 0.6) is 5.75 Å². The number of ether oxygens (including phenoxy) is 1. The third kappa shape index (κ3) is 29.3. The minimum atomic E-state index is -1.86. The van der Waals surface area contributed by atoms with E-state index in [4.69, 9.17) is 32.2 Å². The minimum absolute atomic E-state index is 0.000363. The summed E-state index contributed by atoms with van der Waals surface area (Å²) in [5.74, 6) is -14.9. The highest BCUT2D eigenvalue weighted by atomic mass is 32.2. The first-order valence-corrected chi connectivity index (χ1v) is 39.2. The maximum Gasteiger partial charge on any atom is 0.344 e. The monoisotopic (exact) mass is 1580 g/mol. The molecule has 36 nitrogen and oxygen atoms in total. The number of carboxylic acid groups (broad SMARTS) is 1. The predicted molar refractivity (Wildman–Crippen MR) is 405 cm³/mol. The van der Waals surface area contributed by atoms with Crippen LogP contribution in [0.25, 0.3) is 10.9 Å². The first-order chi connectivity index (χ1) is 52.6. The number of nitrogens with two attached hydrogens (primary N) is 3. The smallest absolute Gasteiger partial charge is 0.344 e. The number of carbonyl (C=O) groups is 15. The fourth-order valence-electron chi connectivity index (χ4n) is 12.5. The number of hydrogen-bond donors (Lipinski definition) is 17. The largest absolute Gasteiger partial charge is 0.494 e. The van der Waals surface area contributed by atoms with E-state index in [1.807, 2.05) is 13.0 Å². The Morgan fingerprint density at radius 3 is 1.94 bits per heavy atom. The molecule has 0 unspecified atom stereocenters. The molecule has 3 aliphatic heterocycles.